The molecule has 14 heteroatoms. The van der Waals surface area contributed by atoms with Gasteiger partial charge in [-0.1, -0.05) is 22.7 Å². The lowest BCUT2D eigenvalue weighted by atomic mass is 10.0. The molecule has 2 amide bonds. The molecule has 0 aliphatic carbocycles. The minimum Gasteiger partial charge on any atom is -0.477 e. The van der Waals surface area contributed by atoms with E-state index in [4.69, 9.17) is 0 Å². The number of carboxylic acid groups (broad SMARTS) is 1. The average molecular weight is 489 g/mol. The summed E-state index contributed by atoms with van der Waals surface area (Å²) in [6.07, 6.45) is 0.00715. The molecular formula is C15H12N4O5S5. The molecule has 2 aromatic rings. The normalized spacial score (nSPS) is 22.1. The van der Waals surface area contributed by atoms with Crippen molar-refractivity contribution in [2.75, 3.05) is 5.75 Å². The fourth-order valence-electron chi connectivity index (χ4n) is 3.03. The van der Waals surface area contributed by atoms with E-state index in [1.165, 1.54) is 33.5 Å². The summed E-state index contributed by atoms with van der Waals surface area (Å²) in [5, 5.41) is 21.1. The maximum absolute atomic E-state index is 12.7. The summed E-state index contributed by atoms with van der Waals surface area (Å²) < 4.78 is -0.0953. The zero-order valence-electron chi connectivity index (χ0n) is 14.3. The molecule has 2 aliphatic rings. The highest BCUT2D eigenvalue weighted by Crippen LogP contribution is 2.45. The van der Waals surface area contributed by atoms with E-state index in [0.29, 0.717) is 21.2 Å². The van der Waals surface area contributed by atoms with Crippen LogP contribution in [0.2, 0.25) is 0 Å². The number of rotatable bonds is 6. The number of nitrogens with zero attached hydrogens (tertiary/aromatic N) is 3. The van der Waals surface area contributed by atoms with Crippen molar-refractivity contribution in [3.05, 3.63) is 40.9 Å². The first-order valence-corrected chi connectivity index (χ1v) is 12.2. The molecule has 1 saturated heterocycles. The van der Waals surface area contributed by atoms with Crippen LogP contribution in [0.4, 0.5) is 0 Å². The van der Waals surface area contributed by atoms with Crippen LogP contribution in [0, 0.1) is 0 Å². The Kier molecular flexibility index (Phi) is 5.79. The van der Waals surface area contributed by atoms with Crippen molar-refractivity contribution in [3.63, 3.8) is 0 Å². The summed E-state index contributed by atoms with van der Waals surface area (Å²) in [7, 11) is 0. The Morgan fingerprint density at radius 2 is 2.17 bits per heavy atom. The van der Waals surface area contributed by atoms with Crippen molar-refractivity contribution in [2.45, 2.75) is 23.1 Å². The Balaban J connectivity index is 1.51. The summed E-state index contributed by atoms with van der Waals surface area (Å²) in [5.41, 5.74) is 1.89. The molecule has 2 aromatic heterocycles. The van der Waals surface area contributed by atoms with Crippen LogP contribution in [0.15, 0.2) is 27.0 Å². The van der Waals surface area contributed by atoms with Gasteiger partial charge in [-0.25, -0.2) is 4.79 Å². The van der Waals surface area contributed by atoms with E-state index in [-0.39, 0.29) is 22.1 Å². The van der Waals surface area contributed by atoms with E-state index < -0.39 is 28.5 Å². The maximum Gasteiger partial charge on any atom is 0.352 e. The number of nitrogens with one attached hydrogen (secondary N) is 1. The Hall–Kier alpha value is -1.74. The number of thiol groups is 1. The highest BCUT2D eigenvalue weighted by Gasteiger charge is 2.54. The molecule has 3 atom stereocenters. The minimum absolute atomic E-state index is 0.00715. The molecule has 3 unspecified atom stereocenters. The molecule has 4 rings (SSSR count). The average Bonchev–Trinajstić information content (AvgIpc) is 3.36. The van der Waals surface area contributed by atoms with Gasteiger partial charge in [0.1, 0.15) is 27.6 Å². The van der Waals surface area contributed by atoms with E-state index in [1.807, 2.05) is 0 Å². The molecule has 0 spiro atoms. The molecule has 9 nitrogen and oxygen atoms in total. The van der Waals surface area contributed by atoms with Crippen LogP contribution < -0.4 is 9.37 Å². The smallest absolute Gasteiger partial charge is 0.352 e. The van der Waals surface area contributed by atoms with Gasteiger partial charge < -0.3 is 10.4 Å². The summed E-state index contributed by atoms with van der Waals surface area (Å²) in [6.45, 7) is 0. The van der Waals surface area contributed by atoms with Gasteiger partial charge in [0.25, 0.3) is 9.96 Å². The Morgan fingerprint density at radius 1 is 1.38 bits per heavy atom. The zero-order chi connectivity index (χ0) is 20.7. The number of aliphatic carboxylic acids is 1. The second-order valence-corrected chi connectivity index (χ2v) is 10.7. The van der Waals surface area contributed by atoms with Crippen molar-refractivity contribution < 1.29 is 19.5 Å². The number of carbonyl (C=O) groups is 3. The summed E-state index contributed by atoms with van der Waals surface area (Å²) in [5.74, 6) is -1.76. The second-order valence-electron chi connectivity index (χ2n) is 6.04. The van der Waals surface area contributed by atoms with Gasteiger partial charge in [-0.15, -0.1) is 33.3 Å². The number of thioether (sulfide) groups is 1. The first-order chi connectivity index (χ1) is 13.9. The lowest BCUT2D eigenvalue weighted by molar-refractivity contribution is -0.150. The van der Waals surface area contributed by atoms with Crippen molar-refractivity contribution in [2.24, 2.45) is 0 Å². The van der Waals surface area contributed by atoms with Crippen molar-refractivity contribution in [1.29, 1.82) is 0 Å². The van der Waals surface area contributed by atoms with E-state index >= 15 is 0 Å². The Bertz CT molecular complexity index is 1060. The van der Waals surface area contributed by atoms with Crippen molar-refractivity contribution >= 4 is 76.2 Å². The quantitative estimate of drug-likeness (QED) is 0.405. The highest BCUT2D eigenvalue weighted by molar-refractivity contribution is 8.00. The van der Waals surface area contributed by atoms with Crippen LogP contribution in [0.3, 0.4) is 0 Å². The van der Waals surface area contributed by atoms with Crippen LogP contribution in [-0.2, 0) is 20.8 Å². The molecular weight excluding hydrogens is 477 g/mol. The van der Waals surface area contributed by atoms with Gasteiger partial charge in [0.15, 0.2) is 0 Å². The minimum atomic E-state index is -1.23. The molecule has 0 radical (unpaired) electrons. The summed E-state index contributed by atoms with van der Waals surface area (Å²) >= 11 is 9.12. The molecule has 0 aromatic carbocycles. The van der Waals surface area contributed by atoms with E-state index in [0.717, 1.165) is 22.7 Å². The number of hydrogen-bond acceptors (Lipinski definition) is 11. The molecule has 2 N–H and O–H groups in total. The maximum atomic E-state index is 12.7. The third-order valence-electron chi connectivity index (χ3n) is 4.29. The number of carbonyl (C=O) groups excluding carboxylic acids is 2. The first-order valence-electron chi connectivity index (χ1n) is 8.09. The summed E-state index contributed by atoms with van der Waals surface area (Å²) in [4.78, 5) is 49.9. The lowest BCUT2D eigenvalue weighted by Gasteiger charge is -2.49. The van der Waals surface area contributed by atoms with Gasteiger partial charge in [0.2, 0.25) is 5.91 Å². The third kappa shape index (κ3) is 3.86. The van der Waals surface area contributed by atoms with Gasteiger partial charge in [0, 0.05) is 16.0 Å². The predicted octanol–water partition coefficient (Wildman–Crippen LogP) is 0.973. The molecule has 29 heavy (non-hydrogen) atoms. The Morgan fingerprint density at radius 3 is 2.79 bits per heavy atom. The molecule has 152 valence electrons. The van der Waals surface area contributed by atoms with E-state index in [2.05, 4.69) is 28.1 Å². The molecule has 0 saturated carbocycles. The monoisotopic (exact) mass is 488 g/mol. The third-order valence-corrected chi connectivity index (χ3v) is 9.06. The Labute approximate surface area is 185 Å². The number of fused-ring (bicyclic) bond motifs is 1. The lowest BCUT2D eigenvalue weighted by Crippen LogP contribution is -2.70. The van der Waals surface area contributed by atoms with Gasteiger partial charge in [-0.2, -0.15) is 12.6 Å². The van der Waals surface area contributed by atoms with E-state index in [9.17, 15) is 24.3 Å². The number of carboxylic acids is 1. The van der Waals surface area contributed by atoms with Gasteiger partial charge in [0.05, 0.1) is 11.7 Å². The molecule has 2 aliphatic heterocycles. The zero-order valence-corrected chi connectivity index (χ0v) is 18.5. The highest BCUT2D eigenvalue weighted by atomic mass is 32.2. The summed E-state index contributed by atoms with van der Waals surface area (Å²) in [6, 6.07) is -0.807. The van der Waals surface area contributed by atoms with E-state index in [1.54, 1.807) is 5.38 Å². The van der Waals surface area contributed by atoms with Crippen LogP contribution in [0.5, 0.6) is 0 Å². The second kappa shape index (κ2) is 8.18. The fourth-order valence-corrected chi connectivity index (χ4v) is 7.28. The topological polar surface area (TPSA) is 130 Å². The molecule has 1 fully saturated rings. The first kappa shape index (κ1) is 20.5. The number of amides is 2. The number of β-lactam (4-membered cyclic amide) rings is 1. The van der Waals surface area contributed by atoms with Crippen molar-refractivity contribution in [3.8, 4) is 0 Å². The number of aromatic nitrogens is 2. The van der Waals surface area contributed by atoms with Gasteiger partial charge in [-0.05, 0) is 5.57 Å². The fraction of sp³-hybridized carbons (Fsp3) is 0.333. The largest absolute Gasteiger partial charge is 0.477 e. The van der Waals surface area contributed by atoms with Crippen LogP contribution in [0.25, 0.3) is 0 Å². The van der Waals surface area contributed by atoms with Gasteiger partial charge >= 0.3 is 5.97 Å². The van der Waals surface area contributed by atoms with Crippen molar-refractivity contribution in [1.82, 2.24) is 20.4 Å². The van der Waals surface area contributed by atoms with Crippen LogP contribution in [-0.4, -0.2) is 55.2 Å². The SMILES string of the molecule is O=C(Cc1csc(=O)s1)NC1C(=O)N2C(C(=O)O)=C(C(S)c3nncs3)CSC12. The number of hydrogen-bond donors (Lipinski definition) is 3. The standard InChI is InChI=1S/C15H12N4O5S5/c20-7(1-5-2-27-15(24)29-5)17-8-12(21)19-9(14(22)23)6(3-26-13(8)19)10(25)11-18-16-4-28-11/h2,4,8,10,13,25H,1,3H2,(H,17,20)(H,22,23). The van der Waals surface area contributed by atoms with Gasteiger partial charge in [-0.3, -0.25) is 19.3 Å². The molecule has 4 heterocycles. The van der Waals surface area contributed by atoms with Crippen LogP contribution in [0.1, 0.15) is 15.1 Å². The van der Waals surface area contributed by atoms with Crippen LogP contribution >= 0.6 is 58.4 Å². The predicted molar refractivity (Wildman–Crippen MR) is 113 cm³/mol. The molecule has 0 bridgehead atoms.